The quantitative estimate of drug-likeness (QED) is 0.808. The average Bonchev–Trinajstić information content (AvgIpc) is 2.54. The lowest BCUT2D eigenvalue weighted by Crippen LogP contribution is -2.50. The molecule has 0 aromatic heterocycles. The first kappa shape index (κ1) is 20.8. The van der Waals surface area contributed by atoms with Crippen molar-refractivity contribution in [3.63, 3.8) is 0 Å². The van der Waals surface area contributed by atoms with E-state index in [4.69, 9.17) is 27.9 Å². The van der Waals surface area contributed by atoms with Gasteiger partial charge in [0, 0.05) is 25.9 Å². The third-order valence-corrected chi connectivity index (χ3v) is 4.89. The first-order valence-electron chi connectivity index (χ1n) is 8.40. The maximum absolute atomic E-state index is 15.0. The zero-order valence-corrected chi connectivity index (χ0v) is 16.6. The lowest BCUT2D eigenvalue weighted by atomic mass is 9.93. The minimum atomic E-state index is -1.58. The fourth-order valence-corrected chi connectivity index (χ4v) is 2.99. The van der Waals surface area contributed by atoms with Crippen LogP contribution in [0.5, 0.6) is 0 Å². The highest BCUT2D eigenvalue weighted by molar-refractivity contribution is 6.43. The summed E-state index contributed by atoms with van der Waals surface area (Å²) < 4.78 is 20.2. The summed E-state index contributed by atoms with van der Waals surface area (Å²) >= 11 is 11.9. The minimum Gasteiger partial charge on any atom is -0.444 e. The highest BCUT2D eigenvalue weighted by Gasteiger charge is 2.37. The van der Waals surface area contributed by atoms with Crippen LogP contribution in [-0.4, -0.2) is 47.8 Å². The summed E-state index contributed by atoms with van der Waals surface area (Å²) in [4.78, 5) is 25.7. The van der Waals surface area contributed by atoms with Gasteiger partial charge in [-0.05, 0) is 32.9 Å². The van der Waals surface area contributed by atoms with E-state index in [9.17, 15) is 14.0 Å². The van der Waals surface area contributed by atoms with Crippen molar-refractivity contribution in [1.82, 2.24) is 10.2 Å². The molecule has 1 fully saturated rings. The number of piperidine rings is 1. The molecule has 1 aromatic rings. The predicted molar refractivity (Wildman–Crippen MR) is 99.7 cm³/mol. The number of rotatable bonds is 3. The van der Waals surface area contributed by atoms with E-state index >= 15 is 0 Å². The number of benzene rings is 1. The van der Waals surface area contributed by atoms with E-state index in [1.165, 1.54) is 11.0 Å². The number of hydrogen-bond acceptors (Lipinski definition) is 3. The van der Waals surface area contributed by atoms with Gasteiger partial charge in [0.15, 0.2) is 0 Å². The molecule has 0 atom stereocenters. The van der Waals surface area contributed by atoms with Crippen LogP contribution in [-0.2, 0) is 4.74 Å². The predicted octanol–water partition coefficient (Wildman–Crippen LogP) is 4.46. The Balaban J connectivity index is 1.88. The first-order valence-corrected chi connectivity index (χ1v) is 9.15. The molecule has 1 aliphatic heterocycles. The number of nitrogens with zero attached hydrogens (tertiary/aromatic N) is 1. The van der Waals surface area contributed by atoms with Crippen LogP contribution in [0.1, 0.15) is 44.0 Å². The minimum absolute atomic E-state index is 0.121. The number of carbonyl (C=O) groups is 2. The fourth-order valence-electron chi connectivity index (χ4n) is 2.61. The van der Waals surface area contributed by atoms with Gasteiger partial charge in [-0.1, -0.05) is 29.3 Å². The van der Waals surface area contributed by atoms with Gasteiger partial charge in [-0.2, -0.15) is 0 Å². The zero-order valence-electron chi connectivity index (χ0n) is 15.1. The number of amides is 2. The van der Waals surface area contributed by atoms with Gasteiger partial charge in [-0.15, -0.1) is 0 Å². The molecule has 0 spiro atoms. The molecule has 8 heteroatoms. The number of likely N-dealkylation sites (tertiary alicyclic amines) is 1. The number of carbonyl (C=O) groups excluding carboxylic acids is 2. The topological polar surface area (TPSA) is 58.6 Å². The second kappa shape index (κ2) is 8.01. The summed E-state index contributed by atoms with van der Waals surface area (Å²) in [5, 5.41) is 2.97. The fraction of sp³-hybridized carbons (Fsp3) is 0.556. The summed E-state index contributed by atoms with van der Waals surface area (Å²) in [5.74, 6) is -0.482. The van der Waals surface area contributed by atoms with Gasteiger partial charge in [0.2, 0.25) is 0 Å². The van der Waals surface area contributed by atoms with E-state index < -0.39 is 23.3 Å². The number of hydrogen-bond donors (Lipinski definition) is 1. The van der Waals surface area contributed by atoms with Crippen molar-refractivity contribution in [2.45, 2.75) is 44.9 Å². The Hall–Kier alpha value is -1.53. The highest BCUT2D eigenvalue weighted by atomic mass is 35.5. The molecule has 1 heterocycles. The SMILES string of the molecule is CC(C)(C)OC(=O)N1CCC(F)(CNC(=O)c2cccc(Cl)c2Cl)CC1. The second-order valence-corrected chi connectivity index (χ2v) is 8.19. The molecule has 0 bridgehead atoms. The number of ether oxygens (including phenoxy) is 1. The Kier molecular flexibility index (Phi) is 6.40. The van der Waals surface area contributed by atoms with Gasteiger partial charge in [0.05, 0.1) is 22.2 Å². The molecule has 26 heavy (non-hydrogen) atoms. The van der Waals surface area contributed by atoms with E-state index in [0.717, 1.165) is 0 Å². The largest absolute Gasteiger partial charge is 0.444 e. The van der Waals surface area contributed by atoms with E-state index in [0.29, 0.717) is 0 Å². The molecule has 0 radical (unpaired) electrons. The third kappa shape index (κ3) is 5.48. The Morgan fingerprint density at radius 1 is 1.27 bits per heavy atom. The molecule has 2 rings (SSSR count). The molecule has 1 N–H and O–H groups in total. The molecule has 0 unspecified atom stereocenters. The molecule has 1 aliphatic rings. The van der Waals surface area contributed by atoms with E-state index in [2.05, 4.69) is 5.32 Å². The van der Waals surface area contributed by atoms with Crippen LogP contribution in [0.25, 0.3) is 0 Å². The van der Waals surface area contributed by atoms with E-state index in [1.54, 1.807) is 32.9 Å². The van der Waals surface area contributed by atoms with Crippen LogP contribution in [0.2, 0.25) is 10.0 Å². The molecule has 144 valence electrons. The van der Waals surface area contributed by atoms with Gasteiger partial charge < -0.3 is 15.0 Å². The van der Waals surface area contributed by atoms with Gasteiger partial charge in [-0.3, -0.25) is 4.79 Å². The Bertz CT molecular complexity index is 684. The van der Waals surface area contributed by atoms with Crippen LogP contribution in [0.15, 0.2) is 18.2 Å². The smallest absolute Gasteiger partial charge is 0.410 e. The second-order valence-electron chi connectivity index (χ2n) is 7.40. The van der Waals surface area contributed by atoms with Crippen LogP contribution < -0.4 is 5.32 Å². The van der Waals surface area contributed by atoms with E-state index in [-0.39, 0.29) is 48.1 Å². The molecule has 0 aliphatic carbocycles. The van der Waals surface area contributed by atoms with Crippen molar-refractivity contribution in [2.75, 3.05) is 19.6 Å². The maximum atomic E-state index is 15.0. The zero-order chi connectivity index (χ0) is 19.5. The molecule has 0 saturated carbocycles. The molecule has 1 saturated heterocycles. The van der Waals surface area contributed by atoms with Crippen molar-refractivity contribution in [3.05, 3.63) is 33.8 Å². The average molecular weight is 405 g/mol. The number of alkyl halides is 1. The lowest BCUT2D eigenvalue weighted by Gasteiger charge is -2.37. The summed E-state index contributed by atoms with van der Waals surface area (Å²) in [6.45, 7) is 5.66. The first-order chi connectivity index (χ1) is 12.0. The van der Waals surface area contributed by atoms with Crippen LogP contribution in [0.3, 0.4) is 0 Å². The molecule has 5 nitrogen and oxygen atoms in total. The van der Waals surface area contributed by atoms with Crippen molar-refractivity contribution in [3.8, 4) is 0 Å². The van der Waals surface area contributed by atoms with Crippen LogP contribution in [0.4, 0.5) is 9.18 Å². The van der Waals surface area contributed by atoms with Crippen LogP contribution >= 0.6 is 23.2 Å². The number of nitrogens with one attached hydrogen (secondary N) is 1. The molecule has 1 aromatic carbocycles. The molecular formula is C18H23Cl2FN2O3. The number of halogens is 3. The Labute approximate surface area is 162 Å². The van der Waals surface area contributed by atoms with Crippen LogP contribution in [0, 0.1) is 0 Å². The summed E-state index contributed by atoms with van der Waals surface area (Å²) in [7, 11) is 0. The van der Waals surface area contributed by atoms with Crippen molar-refractivity contribution in [1.29, 1.82) is 0 Å². The summed E-state index contributed by atoms with van der Waals surface area (Å²) in [6.07, 6.45) is -0.208. The monoisotopic (exact) mass is 404 g/mol. The molecular weight excluding hydrogens is 382 g/mol. The van der Waals surface area contributed by atoms with Gasteiger partial charge in [-0.25, -0.2) is 9.18 Å². The highest BCUT2D eigenvalue weighted by Crippen LogP contribution is 2.28. The Morgan fingerprint density at radius 3 is 2.46 bits per heavy atom. The summed E-state index contributed by atoms with van der Waals surface area (Å²) in [5.41, 5.74) is -1.97. The van der Waals surface area contributed by atoms with Gasteiger partial charge >= 0.3 is 6.09 Å². The molecule has 2 amide bonds. The normalized spacial score (nSPS) is 16.9. The Morgan fingerprint density at radius 2 is 1.88 bits per heavy atom. The van der Waals surface area contributed by atoms with Crippen molar-refractivity contribution < 1.29 is 18.7 Å². The third-order valence-electron chi connectivity index (χ3n) is 4.07. The maximum Gasteiger partial charge on any atom is 0.410 e. The van der Waals surface area contributed by atoms with Gasteiger partial charge in [0.25, 0.3) is 5.91 Å². The van der Waals surface area contributed by atoms with Crippen molar-refractivity contribution >= 4 is 35.2 Å². The summed E-state index contributed by atoms with van der Waals surface area (Å²) in [6, 6.07) is 4.71. The van der Waals surface area contributed by atoms with E-state index in [1.807, 2.05) is 0 Å². The van der Waals surface area contributed by atoms with Gasteiger partial charge in [0.1, 0.15) is 11.3 Å². The van der Waals surface area contributed by atoms with Crippen molar-refractivity contribution in [2.24, 2.45) is 0 Å². The standard InChI is InChI=1S/C18H23Cl2FN2O3/c1-17(2,3)26-16(25)23-9-7-18(21,8-10-23)11-22-15(24)12-5-4-6-13(19)14(12)20/h4-6H,7-11H2,1-3H3,(H,22,24). The lowest BCUT2D eigenvalue weighted by molar-refractivity contribution is 0.00339.